The average molecular weight is 340 g/mol. The van der Waals surface area contributed by atoms with Gasteiger partial charge in [-0.2, -0.15) is 0 Å². The summed E-state index contributed by atoms with van der Waals surface area (Å²) in [6.07, 6.45) is 0. The second kappa shape index (κ2) is 8.53. The number of nitrogens with two attached hydrogens (primary N) is 1. The fourth-order valence-corrected chi connectivity index (χ4v) is 2.56. The Labute approximate surface area is 149 Å². The third-order valence-corrected chi connectivity index (χ3v) is 3.85. The molecule has 0 fully saturated rings. The van der Waals surface area contributed by atoms with Crippen LogP contribution in [0.25, 0.3) is 11.1 Å². The zero-order valence-electron chi connectivity index (χ0n) is 13.7. The number of halogens is 1. The Hall–Kier alpha value is -2.29. The van der Waals surface area contributed by atoms with Gasteiger partial charge in [-0.15, -0.1) is 12.4 Å². The van der Waals surface area contributed by atoms with Gasteiger partial charge in [-0.3, -0.25) is 0 Å². The predicted octanol–water partition coefficient (Wildman–Crippen LogP) is 5.37. The summed E-state index contributed by atoms with van der Waals surface area (Å²) in [4.78, 5) is 0. The van der Waals surface area contributed by atoms with Gasteiger partial charge in [-0.25, -0.2) is 0 Å². The van der Waals surface area contributed by atoms with Crippen LogP contribution in [-0.4, -0.2) is 0 Å². The molecule has 0 saturated heterocycles. The first-order chi connectivity index (χ1) is 11.2. The van der Waals surface area contributed by atoms with E-state index in [2.05, 4.69) is 36.4 Å². The van der Waals surface area contributed by atoms with Crippen LogP contribution in [0.4, 0.5) is 0 Å². The van der Waals surface area contributed by atoms with Gasteiger partial charge in [0, 0.05) is 11.6 Å². The number of hydrogen-bond acceptors (Lipinski definition) is 2. The van der Waals surface area contributed by atoms with Crippen LogP contribution in [0, 0.1) is 0 Å². The number of hydrogen-bond donors (Lipinski definition) is 1. The molecule has 0 spiro atoms. The molecule has 0 heterocycles. The summed E-state index contributed by atoms with van der Waals surface area (Å²) in [6.45, 7) is 2.56. The number of ether oxygens (including phenoxy) is 1. The Bertz CT molecular complexity index is 772. The van der Waals surface area contributed by atoms with Gasteiger partial charge in [0.25, 0.3) is 0 Å². The highest BCUT2D eigenvalue weighted by molar-refractivity contribution is 5.85. The maximum Gasteiger partial charge on any atom is 0.127 e. The van der Waals surface area contributed by atoms with Crippen LogP contribution in [0.5, 0.6) is 5.75 Å². The molecule has 0 aliphatic heterocycles. The van der Waals surface area contributed by atoms with E-state index in [1.54, 1.807) is 0 Å². The van der Waals surface area contributed by atoms with Gasteiger partial charge in [-0.05, 0) is 35.7 Å². The maximum atomic E-state index is 6.05. The van der Waals surface area contributed by atoms with Crippen LogP contribution in [0.15, 0.2) is 78.9 Å². The van der Waals surface area contributed by atoms with Crippen LogP contribution >= 0.6 is 12.4 Å². The molecule has 0 aliphatic carbocycles. The van der Waals surface area contributed by atoms with Crippen molar-refractivity contribution < 1.29 is 4.74 Å². The predicted molar refractivity (Wildman–Crippen MR) is 103 cm³/mol. The molecular formula is C21H22ClNO. The monoisotopic (exact) mass is 339 g/mol. The van der Waals surface area contributed by atoms with Crippen molar-refractivity contribution in [2.24, 2.45) is 5.73 Å². The van der Waals surface area contributed by atoms with Crippen LogP contribution in [0.2, 0.25) is 0 Å². The maximum absolute atomic E-state index is 6.05. The molecule has 0 aliphatic rings. The molecule has 2 nitrogen and oxygen atoms in total. The van der Waals surface area contributed by atoms with Gasteiger partial charge in [0.15, 0.2) is 0 Å². The lowest BCUT2D eigenvalue weighted by Crippen LogP contribution is -2.04. The highest BCUT2D eigenvalue weighted by atomic mass is 35.5. The highest BCUT2D eigenvalue weighted by Gasteiger charge is 2.08. The van der Waals surface area contributed by atoms with E-state index in [0.29, 0.717) is 6.61 Å². The van der Waals surface area contributed by atoms with Crippen LogP contribution in [0.3, 0.4) is 0 Å². The Balaban J connectivity index is 0.00000208. The molecule has 3 aromatic rings. The Morgan fingerprint density at radius 2 is 1.58 bits per heavy atom. The van der Waals surface area contributed by atoms with Crippen molar-refractivity contribution >= 4 is 12.4 Å². The lowest BCUT2D eigenvalue weighted by molar-refractivity contribution is 0.307. The van der Waals surface area contributed by atoms with E-state index in [-0.39, 0.29) is 18.4 Å². The van der Waals surface area contributed by atoms with Gasteiger partial charge in [0.1, 0.15) is 12.4 Å². The summed E-state index contributed by atoms with van der Waals surface area (Å²) in [5, 5.41) is 0. The number of para-hydroxylation sites is 1. The summed E-state index contributed by atoms with van der Waals surface area (Å²) in [6, 6.07) is 26.7. The van der Waals surface area contributed by atoms with Crippen molar-refractivity contribution in [1.82, 2.24) is 0 Å². The van der Waals surface area contributed by atoms with Crippen LogP contribution < -0.4 is 10.5 Å². The summed E-state index contributed by atoms with van der Waals surface area (Å²) in [5.41, 5.74) is 10.5. The largest absolute Gasteiger partial charge is 0.488 e. The summed E-state index contributed by atoms with van der Waals surface area (Å²) in [7, 11) is 0. The minimum Gasteiger partial charge on any atom is -0.488 e. The van der Waals surface area contributed by atoms with Gasteiger partial charge in [0.2, 0.25) is 0 Å². The van der Waals surface area contributed by atoms with Crippen molar-refractivity contribution in [3.05, 3.63) is 90.0 Å². The van der Waals surface area contributed by atoms with E-state index in [4.69, 9.17) is 10.5 Å². The second-order valence-electron chi connectivity index (χ2n) is 5.68. The summed E-state index contributed by atoms with van der Waals surface area (Å²) >= 11 is 0. The molecule has 0 radical (unpaired) electrons. The third-order valence-electron chi connectivity index (χ3n) is 3.85. The van der Waals surface area contributed by atoms with Gasteiger partial charge in [0.05, 0.1) is 0 Å². The molecule has 0 saturated carbocycles. The fourth-order valence-electron chi connectivity index (χ4n) is 2.56. The standard InChI is InChI=1S/C21H21NO.ClH/c1-16(22)18-10-7-11-19(14-18)20-12-5-6-13-21(20)23-15-17-8-3-2-4-9-17;/h2-14,16H,15,22H2,1H3;1H/t16-;/m1./s1. The second-order valence-corrected chi connectivity index (χ2v) is 5.68. The quantitative estimate of drug-likeness (QED) is 0.677. The third kappa shape index (κ3) is 4.38. The molecule has 1 atom stereocenters. The van der Waals surface area contributed by atoms with Crippen LogP contribution in [0.1, 0.15) is 24.1 Å². The lowest BCUT2D eigenvalue weighted by Gasteiger charge is -2.13. The van der Waals surface area contributed by atoms with E-state index in [0.717, 1.165) is 28.0 Å². The van der Waals surface area contributed by atoms with Gasteiger partial charge < -0.3 is 10.5 Å². The topological polar surface area (TPSA) is 35.2 Å². The molecule has 3 aromatic carbocycles. The van der Waals surface area contributed by atoms with Gasteiger partial charge >= 0.3 is 0 Å². The first kappa shape index (κ1) is 18.1. The molecule has 2 N–H and O–H groups in total. The van der Waals surface area contributed by atoms with E-state index >= 15 is 0 Å². The molecule has 0 amide bonds. The SMILES string of the molecule is C[C@@H](N)c1cccc(-c2ccccc2OCc2ccccc2)c1.Cl. The van der Waals surface area contributed by atoms with E-state index in [9.17, 15) is 0 Å². The number of rotatable bonds is 5. The Morgan fingerprint density at radius 3 is 2.33 bits per heavy atom. The van der Waals surface area contributed by atoms with E-state index < -0.39 is 0 Å². The Morgan fingerprint density at radius 1 is 0.875 bits per heavy atom. The van der Waals surface area contributed by atoms with Crippen molar-refractivity contribution in [2.75, 3.05) is 0 Å². The van der Waals surface area contributed by atoms with Gasteiger partial charge in [-0.1, -0.05) is 66.7 Å². The van der Waals surface area contributed by atoms with E-state index in [1.807, 2.05) is 49.4 Å². The zero-order valence-corrected chi connectivity index (χ0v) is 14.5. The molecule has 124 valence electrons. The fraction of sp³-hybridized carbons (Fsp3) is 0.143. The average Bonchev–Trinajstić information content (AvgIpc) is 2.61. The molecule has 3 heteroatoms. The van der Waals surface area contributed by atoms with E-state index in [1.165, 1.54) is 0 Å². The first-order valence-electron chi connectivity index (χ1n) is 7.86. The molecule has 24 heavy (non-hydrogen) atoms. The smallest absolute Gasteiger partial charge is 0.127 e. The lowest BCUT2D eigenvalue weighted by atomic mass is 10.00. The van der Waals surface area contributed by atoms with Crippen molar-refractivity contribution in [3.63, 3.8) is 0 Å². The van der Waals surface area contributed by atoms with Crippen molar-refractivity contribution in [2.45, 2.75) is 19.6 Å². The first-order valence-corrected chi connectivity index (χ1v) is 7.86. The summed E-state index contributed by atoms with van der Waals surface area (Å²) < 4.78 is 6.05. The molecule has 0 bridgehead atoms. The summed E-state index contributed by atoms with van der Waals surface area (Å²) in [5.74, 6) is 0.887. The Kier molecular flexibility index (Phi) is 6.42. The normalized spacial score (nSPS) is 11.4. The molecule has 0 unspecified atom stereocenters. The minimum absolute atomic E-state index is 0. The molecule has 3 rings (SSSR count). The highest BCUT2D eigenvalue weighted by Crippen LogP contribution is 2.31. The zero-order chi connectivity index (χ0) is 16.1. The number of benzene rings is 3. The van der Waals surface area contributed by atoms with Crippen molar-refractivity contribution in [1.29, 1.82) is 0 Å². The van der Waals surface area contributed by atoms with Crippen LogP contribution in [-0.2, 0) is 6.61 Å². The molecular weight excluding hydrogens is 318 g/mol. The minimum atomic E-state index is 0. The molecule has 0 aromatic heterocycles. The van der Waals surface area contributed by atoms with Crippen molar-refractivity contribution in [3.8, 4) is 16.9 Å².